The van der Waals surface area contributed by atoms with Gasteiger partial charge in [0.15, 0.2) is 11.5 Å². The van der Waals surface area contributed by atoms with E-state index in [1.807, 2.05) is 20.8 Å². The minimum Gasteiger partial charge on any atom is -0.598 e. The zero-order valence-corrected chi connectivity index (χ0v) is 20.2. The molecule has 12 heteroatoms. The van der Waals surface area contributed by atoms with Crippen LogP contribution in [-0.2, 0) is 16.2 Å². The molecule has 1 amide bonds. The van der Waals surface area contributed by atoms with Crippen LogP contribution in [0.15, 0.2) is 24.8 Å². The molecule has 0 bridgehead atoms. The number of benzene rings is 1. The highest BCUT2D eigenvalue weighted by atomic mass is 35.5. The molecular weight excluding hydrogens is 469 g/mol. The number of imidazole rings is 1. The van der Waals surface area contributed by atoms with Gasteiger partial charge in [0, 0.05) is 41.0 Å². The molecule has 9 nitrogen and oxygen atoms in total. The third-order valence-electron chi connectivity index (χ3n) is 5.00. The van der Waals surface area contributed by atoms with E-state index < -0.39 is 28.0 Å². The number of nitrogens with one attached hydrogen (secondary N) is 3. The maximum Gasteiger partial charge on any atom is 0.222 e. The van der Waals surface area contributed by atoms with Crippen LogP contribution in [0.4, 0.5) is 10.2 Å². The van der Waals surface area contributed by atoms with Crippen LogP contribution >= 0.6 is 11.6 Å². The Hall–Kier alpha value is -2.73. The van der Waals surface area contributed by atoms with Gasteiger partial charge in [-0.15, -0.1) is 4.72 Å². The average molecular weight is 492 g/mol. The SMILES string of the molecule is CC(=O)Nc1cn2cc(-c3c(Cl)c(F)c(C(C)N[S+]([O-])C(C)(C)C)c4[nH]ncc34)ncc2n1. The number of halogens is 2. The zero-order valence-electron chi connectivity index (χ0n) is 18.7. The number of hydrogen-bond acceptors (Lipinski definition) is 6. The van der Waals surface area contributed by atoms with Crippen LogP contribution in [0.1, 0.15) is 46.2 Å². The van der Waals surface area contributed by atoms with Crippen molar-refractivity contribution in [2.75, 3.05) is 5.32 Å². The Bertz CT molecular complexity index is 1360. The normalized spacial score (nSPS) is 14.1. The monoisotopic (exact) mass is 491 g/mol. The van der Waals surface area contributed by atoms with Crippen LogP contribution in [-0.4, -0.2) is 39.8 Å². The highest BCUT2D eigenvalue weighted by Crippen LogP contribution is 2.40. The van der Waals surface area contributed by atoms with Gasteiger partial charge >= 0.3 is 0 Å². The van der Waals surface area contributed by atoms with Crippen molar-refractivity contribution in [3.8, 4) is 11.3 Å². The third-order valence-corrected chi connectivity index (χ3v) is 7.04. The molecule has 4 aromatic rings. The van der Waals surface area contributed by atoms with Gasteiger partial charge in [-0.1, -0.05) is 11.6 Å². The van der Waals surface area contributed by atoms with E-state index in [1.54, 1.807) is 29.9 Å². The minimum atomic E-state index is -1.42. The molecule has 0 aliphatic rings. The van der Waals surface area contributed by atoms with Crippen LogP contribution in [0.25, 0.3) is 27.8 Å². The van der Waals surface area contributed by atoms with Gasteiger partial charge in [-0.25, -0.2) is 9.37 Å². The summed E-state index contributed by atoms with van der Waals surface area (Å²) in [5.41, 5.74) is 1.94. The lowest BCUT2D eigenvalue weighted by Gasteiger charge is -2.27. The van der Waals surface area contributed by atoms with Crippen molar-refractivity contribution in [2.45, 2.75) is 45.4 Å². The van der Waals surface area contributed by atoms with Gasteiger partial charge < -0.3 is 14.3 Å². The molecular formula is C21H23ClFN7O2S. The number of amides is 1. The molecule has 3 aromatic heterocycles. The van der Waals surface area contributed by atoms with Gasteiger partial charge in [0.25, 0.3) is 0 Å². The minimum absolute atomic E-state index is 0.122. The van der Waals surface area contributed by atoms with Gasteiger partial charge in [-0.2, -0.15) is 5.10 Å². The number of aromatic amines is 1. The fourth-order valence-corrected chi connectivity index (χ4v) is 4.55. The van der Waals surface area contributed by atoms with Crippen molar-refractivity contribution in [3.05, 3.63) is 41.2 Å². The largest absolute Gasteiger partial charge is 0.598 e. The number of carbonyl (C=O) groups is 1. The van der Waals surface area contributed by atoms with E-state index in [0.717, 1.165) is 0 Å². The second-order valence-electron chi connectivity index (χ2n) is 8.64. The molecule has 0 saturated carbocycles. The predicted octanol–water partition coefficient (Wildman–Crippen LogP) is 4.14. The van der Waals surface area contributed by atoms with E-state index in [9.17, 15) is 9.35 Å². The van der Waals surface area contributed by atoms with Crippen molar-refractivity contribution in [2.24, 2.45) is 0 Å². The van der Waals surface area contributed by atoms with Gasteiger partial charge in [0.1, 0.15) is 10.6 Å². The topological polar surface area (TPSA) is 123 Å². The summed E-state index contributed by atoms with van der Waals surface area (Å²) < 4.78 is 32.3. The second kappa shape index (κ2) is 8.56. The van der Waals surface area contributed by atoms with Gasteiger partial charge in [0.2, 0.25) is 5.91 Å². The number of anilines is 1. The molecule has 174 valence electrons. The van der Waals surface area contributed by atoms with E-state index in [2.05, 4.69) is 30.2 Å². The first-order valence-corrected chi connectivity index (χ1v) is 11.6. The lowest BCUT2D eigenvalue weighted by Crippen LogP contribution is -2.40. The summed E-state index contributed by atoms with van der Waals surface area (Å²) in [5, 5.41) is 9.99. The van der Waals surface area contributed by atoms with Crippen LogP contribution in [0.5, 0.6) is 0 Å². The van der Waals surface area contributed by atoms with Crippen molar-refractivity contribution in [3.63, 3.8) is 0 Å². The van der Waals surface area contributed by atoms with Crippen molar-refractivity contribution in [1.82, 2.24) is 29.3 Å². The van der Waals surface area contributed by atoms with Crippen LogP contribution < -0.4 is 10.0 Å². The molecule has 2 unspecified atom stereocenters. The van der Waals surface area contributed by atoms with E-state index in [4.69, 9.17) is 11.6 Å². The predicted molar refractivity (Wildman–Crippen MR) is 127 cm³/mol. The van der Waals surface area contributed by atoms with Gasteiger partial charge in [0.05, 0.1) is 40.9 Å². The summed E-state index contributed by atoms with van der Waals surface area (Å²) in [4.78, 5) is 20.0. The Labute approximate surface area is 197 Å². The quantitative estimate of drug-likeness (QED) is 0.360. The Balaban J connectivity index is 1.82. The number of fused-ring (bicyclic) bond motifs is 2. The Morgan fingerprint density at radius 2 is 2.06 bits per heavy atom. The van der Waals surface area contributed by atoms with E-state index in [-0.39, 0.29) is 16.5 Å². The Morgan fingerprint density at radius 1 is 1.33 bits per heavy atom. The zero-order chi connectivity index (χ0) is 24.1. The van der Waals surface area contributed by atoms with Crippen LogP contribution in [0, 0.1) is 5.82 Å². The highest BCUT2D eigenvalue weighted by Gasteiger charge is 2.32. The number of rotatable bonds is 5. The van der Waals surface area contributed by atoms with Gasteiger partial charge in [-0.05, 0) is 27.7 Å². The van der Waals surface area contributed by atoms with E-state index in [0.29, 0.717) is 33.6 Å². The maximum atomic E-state index is 15.6. The average Bonchev–Trinajstić information content (AvgIpc) is 3.33. The lowest BCUT2D eigenvalue weighted by atomic mass is 9.99. The molecule has 0 fully saturated rings. The first-order valence-electron chi connectivity index (χ1n) is 10.1. The number of hydrogen-bond donors (Lipinski definition) is 3. The number of H-pyrrole nitrogens is 1. The molecule has 0 aliphatic carbocycles. The standard InChI is InChI=1S/C21H23ClFN7O2S/c1-10(29-33(32)21(3,4)5)16-19(23)18(22)17(12-6-25-28-20(12)16)13-8-30-9-14(26-11(2)31)27-15(30)7-24-13/h6-10,29H,1-5H3,(H,25,28)(H,26,31). The summed E-state index contributed by atoms with van der Waals surface area (Å²) in [7, 11) is 0. The van der Waals surface area contributed by atoms with E-state index >= 15 is 4.39 Å². The molecule has 0 radical (unpaired) electrons. The molecule has 0 saturated heterocycles. The van der Waals surface area contributed by atoms with Crippen LogP contribution in [0.3, 0.4) is 0 Å². The first kappa shape index (κ1) is 23.4. The summed E-state index contributed by atoms with van der Waals surface area (Å²) in [5.74, 6) is -0.530. The van der Waals surface area contributed by atoms with E-state index in [1.165, 1.54) is 13.1 Å². The molecule has 3 N–H and O–H groups in total. The Kier molecular flexibility index (Phi) is 6.08. The molecule has 0 aliphatic heterocycles. The van der Waals surface area contributed by atoms with Crippen LogP contribution in [0.2, 0.25) is 5.02 Å². The molecule has 4 rings (SSSR count). The summed E-state index contributed by atoms with van der Waals surface area (Å²) in [6, 6.07) is -0.608. The summed E-state index contributed by atoms with van der Waals surface area (Å²) in [6.07, 6.45) is 6.33. The Morgan fingerprint density at radius 3 is 2.73 bits per heavy atom. The molecule has 33 heavy (non-hydrogen) atoms. The van der Waals surface area contributed by atoms with Crippen molar-refractivity contribution in [1.29, 1.82) is 0 Å². The molecule has 2 atom stereocenters. The smallest absolute Gasteiger partial charge is 0.222 e. The summed E-state index contributed by atoms with van der Waals surface area (Å²) >= 11 is 5.10. The van der Waals surface area contributed by atoms with Gasteiger partial charge in [-0.3, -0.25) is 14.9 Å². The van der Waals surface area contributed by atoms with Crippen molar-refractivity contribution < 1.29 is 13.7 Å². The number of carbonyl (C=O) groups excluding carboxylic acids is 1. The van der Waals surface area contributed by atoms with Crippen molar-refractivity contribution >= 4 is 51.2 Å². The first-order chi connectivity index (χ1) is 15.5. The molecule has 3 heterocycles. The second-order valence-corrected chi connectivity index (χ2v) is 11.0. The molecule has 1 aromatic carbocycles. The molecule has 0 spiro atoms. The maximum absolute atomic E-state index is 15.6. The summed E-state index contributed by atoms with van der Waals surface area (Å²) in [6.45, 7) is 8.60. The highest BCUT2D eigenvalue weighted by molar-refractivity contribution is 7.90. The lowest BCUT2D eigenvalue weighted by molar-refractivity contribution is -0.114. The fraction of sp³-hybridized carbons (Fsp3) is 0.333. The number of aromatic nitrogens is 5. The third kappa shape index (κ3) is 4.41. The number of nitrogens with zero attached hydrogens (tertiary/aromatic N) is 4. The fourth-order valence-electron chi connectivity index (χ4n) is 3.46.